The average molecular weight is 440 g/mol. The third-order valence-corrected chi connectivity index (χ3v) is 5.09. The number of nitro benzene ring substituents is 1. The summed E-state index contributed by atoms with van der Waals surface area (Å²) in [5.74, 6) is -0.0938. The quantitative estimate of drug-likeness (QED) is 0.329. The van der Waals surface area contributed by atoms with E-state index in [-0.39, 0.29) is 0 Å². The SMILES string of the molecule is COc1ccc2nc(SC(C)C(=O)Nc3ccc([N+](=O)[O-])cc3C(F)(F)F)[nH]c2c1. The molecule has 2 N–H and O–H groups in total. The summed E-state index contributed by atoms with van der Waals surface area (Å²) in [6.07, 6.45) is -4.87. The number of aromatic nitrogens is 2. The lowest BCUT2D eigenvalue weighted by atomic mass is 10.1. The molecular weight excluding hydrogens is 425 g/mol. The molecule has 2 aromatic carbocycles. The lowest BCUT2D eigenvalue weighted by molar-refractivity contribution is -0.385. The van der Waals surface area contributed by atoms with Gasteiger partial charge in [0, 0.05) is 18.2 Å². The van der Waals surface area contributed by atoms with E-state index in [0.29, 0.717) is 28.0 Å². The Bertz CT molecular complexity index is 1120. The molecule has 0 aliphatic heterocycles. The summed E-state index contributed by atoms with van der Waals surface area (Å²) in [6, 6.07) is 7.33. The van der Waals surface area contributed by atoms with Crippen molar-refractivity contribution in [3.63, 3.8) is 0 Å². The Hall–Kier alpha value is -3.28. The first kappa shape index (κ1) is 21.4. The molecule has 12 heteroatoms. The zero-order chi connectivity index (χ0) is 22.1. The van der Waals surface area contributed by atoms with E-state index in [1.165, 1.54) is 14.0 Å². The molecule has 30 heavy (non-hydrogen) atoms. The Morgan fingerprint density at radius 1 is 1.30 bits per heavy atom. The Kier molecular flexibility index (Phi) is 5.87. The number of methoxy groups -OCH3 is 1. The highest BCUT2D eigenvalue weighted by atomic mass is 32.2. The van der Waals surface area contributed by atoms with E-state index >= 15 is 0 Å². The highest BCUT2D eigenvalue weighted by Crippen LogP contribution is 2.37. The van der Waals surface area contributed by atoms with E-state index < -0.39 is 39.2 Å². The van der Waals surface area contributed by atoms with Crippen LogP contribution in [-0.4, -0.2) is 33.2 Å². The molecule has 1 amide bonds. The number of rotatable bonds is 6. The van der Waals surface area contributed by atoms with Crippen LogP contribution in [-0.2, 0) is 11.0 Å². The van der Waals surface area contributed by atoms with Crippen LogP contribution in [0.5, 0.6) is 5.75 Å². The average Bonchev–Trinajstić information content (AvgIpc) is 3.08. The van der Waals surface area contributed by atoms with Gasteiger partial charge in [0.05, 0.1) is 39.6 Å². The maximum Gasteiger partial charge on any atom is 0.418 e. The number of carbonyl (C=O) groups is 1. The lowest BCUT2D eigenvalue weighted by Crippen LogP contribution is -2.24. The number of ether oxygens (including phenoxy) is 1. The second-order valence-corrected chi connectivity index (χ2v) is 7.49. The number of halogens is 3. The predicted octanol–water partition coefficient (Wildman–Crippen LogP) is 4.62. The number of H-pyrrole nitrogens is 1. The summed E-state index contributed by atoms with van der Waals surface area (Å²) >= 11 is 1.02. The van der Waals surface area contributed by atoms with Crippen LogP contribution < -0.4 is 10.1 Å². The third-order valence-electron chi connectivity index (χ3n) is 4.10. The van der Waals surface area contributed by atoms with Gasteiger partial charge in [-0.2, -0.15) is 13.2 Å². The zero-order valence-corrected chi connectivity index (χ0v) is 16.4. The minimum Gasteiger partial charge on any atom is -0.497 e. The lowest BCUT2D eigenvalue weighted by Gasteiger charge is -2.15. The number of amides is 1. The van der Waals surface area contributed by atoms with Crippen molar-refractivity contribution in [2.45, 2.75) is 23.5 Å². The summed E-state index contributed by atoms with van der Waals surface area (Å²) in [5.41, 5.74) is -1.25. The fourth-order valence-electron chi connectivity index (χ4n) is 2.59. The molecule has 8 nitrogen and oxygen atoms in total. The predicted molar refractivity (Wildman–Crippen MR) is 105 cm³/mol. The summed E-state index contributed by atoms with van der Waals surface area (Å²) < 4.78 is 44.9. The summed E-state index contributed by atoms with van der Waals surface area (Å²) in [6.45, 7) is 1.51. The first-order chi connectivity index (χ1) is 14.1. The van der Waals surface area contributed by atoms with Crippen LogP contribution in [0, 0.1) is 10.1 Å². The van der Waals surface area contributed by atoms with Gasteiger partial charge in [0.25, 0.3) is 5.69 Å². The molecule has 0 saturated heterocycles. The molecule has 3 aromatic rings. The van der Waals surface area contributed by atoms with Crippen LogP contribution in [0.15, 0.2) is 41.6 Å². The Morgan fingerprint density at radius 3 is 2.67 bits per heavy atom. The number of anilines is 1. The number of non-ortho nitro benzene ring substituents is 1. The first-order valence-corrected chi connectivity index (χ1v) is 9.33. The smallest absolute Gasteiger partial charge is 0.418 e. The molecule has 3 rings (SSSR count). The van der Waals surface area contributed by atoms with Crippen LogP contribution in [0.1, 0.15) is 12.5 Å². The number of benzene rings is 2. The molecule has 0 spiro atoms. The maximum absolute atomic E-state index is 13.3. The number of hydrogen-bond donors (Lipinski definition) is 2. The van der Waals surface area contributed by atoms with Crippen molar-refractivity contribution in [1.29, 1.82) is 0 Å². The Labute approximate surface area is 172 Å². The van der Waals surface area contributed by atoms with Crippen LogP contribution in [0.25, 0.3) is 11.0 Å². The number of nitrogens with zero attached hydrogens (tertiary/aromatic N) is 2. The fraction of sp³-hybridized carbons (Fsp3) is 0.222. The van der Waals surface area contributed by atoms with E-state index in [0.717, 1.165) is 23.9 Å². The molecule has 0 radical (unpaired) electrons. The number of imidazole rings is 1. The van der Waals surface area contributed by atoms with Gasteiger partial charge < -0.3 is 15.0 Å². The molecule has 1 atom stereocenters. The van der Waals surface area contributed by atoms with Crippen molar-refractivity contribution in [2.75, 3.05) is 12.4 Å². The Balaban J connectivity index is 1.78. The molecule has 0 aliphatic carbocycles. The largest absolute Gasteiger partial charge is 0.497 e. The van der Waals surface area contributed by atoms with E-state index in [9.17, 15) is 28.1 Å². The van der Waals surface area contributed by atoms with Crippen molar-refractivity contribution < 1.29 is 27.6 Å². The molecule has 0 saturated carbocycles. The van der Waals surface area contributed by atoms with Gasteiger partial charge in [0.2, 0.25) is 5.91 Å². The number of nitrogens with one attached hydrogen (secondary N) is 2. The van der Waals surface area contributed by atoms with Gasteiger partial charge in [-0.15, -0.1) is 0 Å². The number of thioether (sulfide) groups is 1. The highest BCUT2D eigenvalue weighted by molar-refractivity contribution is 8.00. The van der Waals surface area contributed by atoms with Gasteiger partial charge in [0.1, 0.15) is 5.75 Å². The second-order valence-electron chi connectivity index (χ2n) is 6.16. The van der Waals surface area contributed by atoms with Gasteiger partial charge in [-0.05, 0) is 25.1 Å². The van der Waals surface area contributed by atoms with Gasteiger partial charge >= 0.3 is 6.18 Å². The topological polar surface area (TPSA) is 110 Å². The molecule has 1 aromatic heterocycles. The molecular formula is C18H15F3N4O4S. The van der Waals surface area contributed by atoms with E-state index in [2.05, 4.69) is 15.3 Å². The number of fused-ring (bicyclic) bond motifs is 1. The number of carbonyl (C=O) groups excluding carboxylic acids is 1. The standard InChI is InChI=1S/C18H15F3N4O4S/c1-9(30-17-23-14-6-4-11(29-2)8-15(14)24-17)16(26)22-13-5-3-10(25(27)28)7-12(13)18(19,20)21/h3-9H,1-2H3,(H,22,26)(H,23,24). The minimum absolute atomic E-state index is 0.389. The van der Waals surface area contributed by atoms with Crippen molar-refractivity contribution in [3.05, 3.63) is 52.1 Å². The van der Waals surface area contributed by atoms with E-state index in [1.54, 1.807) is 18.2 Å². The fourth-order valence-corrected chi connectivity index (χ4v) is 3.41. The first-order valence-electron chi connectivity index (χ1n) is 8.45. The number of aromatic amines is 1. The van der Waals surface area contributed by atoms with Crippen molar-refractivity contribution in [1.82, 2.24) is 9.97 Å². The van der Waals surface area contributed by atoms with Crippen molar-refractivity contribution >= 4 is 40.1 Å². The maximum atomic E-state index is 13.3. The Morgan fingerprint density at radius 2 is 2.03 bits per heavy atom. The van der Waals surface area contributed by atoms with E-state index in [1.807, 2.05) is 0 Å². The normalized spacial score (nSPS) is 12.6. The number of hydrogen-bond acceptors (Lipinski definition) is 6. The minimum atomic E-state index is -4.87. The van der Waals surface area contributed by atoms with Crippen LogP contribution >= 0.6 is 11.8 Å². The van der Waals surface area contributed by atoms with E-state index in [4.69, 9.17) is 4.74 Å². The molecule has 0 aliphatic rings. The summed E-state index contributed by atoms with van der Waals surface area (Å²) in [4.78, 5) is 29.6. The van der Waals surface area contributed by atoms with Crippen LogP contribution in [0.4, 0.5) is 24.5 Å². The van der Waals surface area contributed by atoms with Crippen LogP contribution in [0.2, 0.25) is 0 Å². The number of alkyl halides is 3. The molecule has 158 valence electrons. The molecule has 1 unspecified atom stereocenters. The third kappa shape index (κ3) is 4.64. The van der Waals surface area contributed by atoms with Crippen molar-refractivity contribution in [3.8, 4) is 5.75 Å². The summed E-state index contributed by atoms with van der Waals surface area (Å²) in [7, 11) is 1.52. The van der Waals surface area contributed by atoms with Gasteiger partial charge in [0.15, 0.2) is 5.16 Å². The second kappa shape index (κ2) is 8.22. The molecule has 0 fully saturated rings. The zero-order valence-electron chi connectivity index (χ0n) is 15.6. The monoisotopic (exact) mass is 440 g/mol. The molecule has 1 heterocycles. The highest BCUT2D eigenvalue weighted by Gasteiger charge is 2.36. The van der Waals surface area contributed by atoms with Crippen LogP contribution in [0.3, 0.4) is 0 Å². The summed E-state index contributed by atoms with van der Waals surface area (Å²) in [5, 5.41) is 12.6. The van der Waals surface area contributed by atoms with Gasteiger partial charge in [-0.1, -0.05) is 11.8 Å². The van der Waals surface area contributed by atoms with Gasteiger partial charge in [-0.25, -0.2) is 4.98 Å². The number of nitro groups is 1. The molecule has 0 bridgehead atoms. The van der Waals surface area contributed by atoms with Crippen molar-refractivity contribution in [2.24, 2.45) is 0 Å². The van der Waals surface area contributed by atoms with Gasteiger partial charge in [-0.3, -0.25) is 14.9 Å².